The van der Waals surface area contributed by atoms with Gasteiger partial charge in [0.15, 0.2) is 0 Å². The molecule has 5 heteroatoms. The lowest BCUT2D eigenvalue weighted by molar-refractivity contribution is -0.133. The number of hydrogen-bond acceptors (Lipinski definition) is 3. The number of nitrogens with one attached hydrogen (secondary N) is 1. The van der Waals surface area contributed by atoms with E-state index in [1.54, 1.807) is 0 Å². The van der Waals surface area contributed by atoms with Crippen LogP contribution in [0, 0.1) is 6.92 Å². The Kier molecular flexibility index (Phi) is 7.69. The van der Waals surface area contributed by atoms with Gasteiger partial charge in [-0.1, -0.05) is 25.5 Å². The number of nitrogens with zero attached hydrogens (tertiary/aromatic N) is 1. The molecule has 4 nitrogen and oxygen atoms in total. The predicted molar refractivity (Wildman–Crippen MR) is 94.5 cm³/mol. The van der Waals surface area contributed by atoms with Gasteiger partial charge >= 0.3 is 0 Å². The van der Waals surface area contributed by atoms with Gasteiger partial charge in [-0.15, -0.1) is 12.4 Å². The van der Waals surface area contributed by atoms with Crippen molar-refractivity contribution in [1.82, 2.24) is 4.90 Å². The molecule has 1 aliphatic rings. The maximum Gasteiger partial charge on any atom is 0.239 e. The fraction of sp³-hybridized carbons (Fsp3) is 0.588. The molecule has 1 aromatic rings. The van der Waals surface area contributed by atoms with Crippen molar-refractivity contribution in [1.29, 1.82) is 0 Å². The van der Waals surface area contributed by atoms with Crippen LogP contribution in [-0.2, 0) is 4.79 Å². The number of carbonyl (C=O) groups excluding carboxylic acids is 1. The summed E-state index contributed by atoms with van der Waals surface area (Å²) in [5, 5.41) is 3.57. The summed E-state index contributed by atoms with van der Waals surface area (Å²) < 4.78 is 0. The summed E-state index contributed by atoms with van der Waals surface area (Å²) in [6, 6.07) is 8.55. The lowest BCUT2D eigenvalue weighted by Crippen LogP contribution is -2.48. The fourth-order valence-electron chi connectivity index (χ4n) is 2.88. The fourth-order valence-corrected chi connectivity index (χ4v) is 2.88. The molecule has 0 aromatic heterocycles. The summed E-state index contributed by atoms with van der Waals surface area (Å²) in [4.78, 5) is 14.1. The minimum atomic E-state index is -0.323. The standard InChI is InChI=1S/C17H27N3O.ClH/c1-3-5-16(18)17(21)20-10-8-14(9-11-20)19-15-7-4-6-13(2)12-15;/h4,6-7,12,14,16,19H,3,5,8-11,18H2,1-2H3;1H. The third-order valence-electron chi connectivity index (χ3n) is 4.11. The highest BCUT2D eigenvalue weighted by atomic mass is 35.5. The van der Waals surface area contributed by atoms with Crippen LogP contribution in [0.3, 0.4) is 0 Å². The van der Waals surface area contributed by atoms with Crippen LogP contribution < -0.4 is 11.1 Å². The maximum atomic E-state index is 12.2. The maximum absolute atomic E-state index is 12.2. The van der Waals surface area contributed by atoms with Crippen molar-refractivity contribution in [3.63, 3.8) is 0 Å². The zero-order valence-electron chi connectivity index (χ0n) is 13.5. The highest BCUT2D eigenvalue weighted by Crippen LogP contribution is 2.18. The molecule has 0 spiro atoms. The highest BCUT2D eigenvalue weighted by molar-refractivity contribution is 5.85. The topological polar surface area (TPSA) is 58.4 Å². The van der Waals surface area contributed by atoms with Crippen molar-refractivity contribution in [2.75, 3.05) is 18.4 Å². The molecule has 22 heavy (non-hydrogen) atoms. The number of amides is 1. The monoisotopic (exact) mass is 325 g/mol. The zero-order chi connectivity index (χ0) is 15.2. The number of hydrogen-bond donors (Lipinski definition) is 2. The third kappa shape index (κ3) is 5.18. The van der Waals surface area contributed by atoms with Crippen molar-refractivity contribution in [2.45, 2.75) is 51.6 Å². The lowest BCUT2D eigenvalue weighted by atomic mass is 10.0. The first-order valence-corrected chi connectivity index (χ1v) is 7.97. The Bertz CT molecular complexity index is 473. The molecule has 1 saturated heterocycles. The first kappa shape index (κ1) is 18.8. The Morgan fingerprint density at radius 3 is 2.68 bits per heavy atom. The zero-order valence-corrected chi connectivity index (χ0v) is 14.4. The number of piperidine rings is 1. The summed E-state index contributed by atoms with van der Waals surface area (Å²) >= 11 is 0. The Hall–Kier alpha value is -1.26. The highest BCUT2D eigenvalue weighted by Gasteiger charge is 2.25. The van der Waals surface area contributed by atoms with Crippen LogP contribution in [-0.4, -0.2) is 36.0 Å². The molecule has 0 aliphatic carbocycles. The number of halogens is 1. The molecule has 2 rings (SSSR count). The second kappa shape index (κ2) is 9.01. The number of nitrogens with two attached hydrogens (primary N) is 1. The molecule has 1 aromatic carbocycles. The van der Waals surface area contributed by atoms with E-state index in [0.717, 1.165) is 38.8 Å². The summed E-state index contributed by atoms with van der Waals surface area (Å²) in [5.74, 6) is 0.117. The SMILES string of the molecule is CCCC(N)C(=O)N1CCC(Nc2cccc(C)c2)CC1.Cl. The van der Waals surface area contributed by atoms with E-state index >= 15 is 0 Å². The second-order valence-corrected chi connectivity index (χ2v) is 6.01. The van der Waals surface area contributed by atoms with E-state index in [1.165, 1.54) is 11.3 Å². The van der Waals surface area contributed by atoms with Crippen molar-refractivity contribution in [3.05, 3.63) is 29.8 Å². The minimum absolute atomic E-state index is 0. The van der Waals surface area contributed by atoms with Gasteiger partial charge in [0, 0.05) is 24.8 Å². The van der Waals surface area contributed by atoms with Crippen molar-refractivity contribution < 1.29 is 4.79 Å². The molecule has 0 radical (unpaired) electrons. The van der Waals surface area contributed by atoms with Crippen LogP contribution in [0.4, 0.5) is 5.69 Å². The first-order chi connectivity index (χ1) is 10.1. The van der Waals surface area contributed by atoms with E-state index in [4.69, 9.17) is 5.73 Å². The molecular formula is C17H28ClN3O. The van der Waals surface area contributed by atoms with Crippen molar-refractivity contribution in [2.24, 2.45) is 5.73 Å². The van der Waals surface area contributed by atoms with E-state index in [-0.39, 0.29) is 24.4 Å². The van der Waals surface area contributed by atoms with E-state index in [9.17, 15) is 4.79 Å². The van der Waals surface area contributed by atoms with Crippen LogP contribution in [0.25, 0.3) is 0 Å². The van der Waals surface area contributed by atoms with Gasteiger partial charge in [0.05, 0.1) is 6.04 Å². The summed E-state index contributed by atoms with van der Waals surface area (Å²) in [6.45, 7) is 5.77. The minimum Gasteiger partial charge on any atom is -0.382 e. The third-order valence-corrected chi connectivity index (χ3v) is 4.11. The number of aryl methyl sites for hydroxylation is 1. The van der Waals surface area contributed by atoms with Gasteiger partial charge in [-0.3, -0.25) is 4.79 Å². The van der Waals surface area contributed by atoms with Crippen LogP contribution in [0.1, 0.15) is 38.2 Å². The molecule has 1 atom stereocenters. The van der Waals surface area contributed by atoms with Gasteiger partial charge in [0.2, 0.25) is 5.91 Å². The van der Waals surface area contributed by atoms with Crippen LogP contribution in [0.2, 0.25) is 0 Å². The van der Waals surface area contributed by atoms with Crippen LogP contribution in [0.15, 0.2) is 24.3 Å². The average Bonchev–Trinajstić information content (AvgIpc) is 2.47. The van der Waals surface area contributed by atoms with Gasteiger partial charge < -0.3 is 16.0 Å². The molecule has 0 bridgehead atoms. The summed E-state index contributed by atoms with van der Waals surface area (Å²) in [7, 11) is 0. The van der Waals surface area contributed by atoms with Crippen LogP contribution in [0.5, 0.6) is 0 Å². The largest absolute Gasteiger partial charge is 0.382 e. The normalized spacial score (nSPS) is 16.8. The average molecular weight is 326 g/mol. The van der Waals surface area contributed by atoms with E-state index in [0.29, 0.717) is 6.04 Å². The molecule has 1 heterocycles. The van der Waals surface area contributed by atoms with Gasteiger partial charge in [-0.2, -0.15) is 0 Å². The summed E-state index contributed by atoms with van der Waals surface area (Å²) in [5.41, 5.74) is 8.36. The Labute approximate surface area is 139 Å². The number of rotatable bonds is 5. The first-order valence-electron chi connectivity index (χ1n) is 7.97. The van der Waals surface area contributed by atoms with Crippen molar-refractivity contribution >= 4 is 24.0 Å². The van der Waals surface area contributed by atoms with E-state index < -0.39 is 0 Å². The van der Waals surface area contributed by atoms with Crippen LogP contribution >= 0.6 is 12.4 Å². The molecule has 124 valence electrons. The Morgan fingerprint density at radius 2 is 2.09 bits per heavy atom. The second-order valence-electron chi connectivity index (χ2n) is 6.01. The number of carbonyl (C=O) groups is 1. The van der Waals surface area contributed by atoms with Crippen molar-refractivity contribution in [3.8, 4) is 0 Å². The Morgan fingerprint density at radius 1 is 1.41 bits per heavy atom. The quantitative estimate of drug-likeness (QED) is 0.875. The molecule has 1 unspecified atom stereocenters. The molecule has 1 aliphatic heterocycles. The molecule has 0 saturated carbocycles. The molecule has 3 N–H and O–H groups in total. The predicted octanol–water partition coefficient (Wildman–Crippen LogP) is 2.95. The molecular weight excluding hydrogens is 298 g/mol. The Balaban J connectivity index is 0.00000242. The number of anilines is 1. The van der Waals surface area contributed by atoms with E-state index in [1.807, 2.05) is 4.90 Å². The molecule has 1 fully saturated rings. The van der Waals surface area contributed by atoms with E-state index in [2.05, 4.69) is 43.4 Å². The van der Waals surface area contributed by atoms with Gasteiger partial charge in [-0.25, -0.2) is 0 Å². The number of benzene rings is 1. The summed E-state index contributed by atoms with van der Waals surface area (Å²) in [6.07, 6.45) is 3.70. The van der Waals surface area contributed by atoms with Gasteiger partial charge in [0.1, 0.15) is 0 Å². The lowest BCUT2D eigenvalue weighted by Gasteiger charge is -2.34. The van der Waals surface area contributed by atoms with Gasteiger partial charge in [0.25, 0.3) is 0 Å². The molecule has 1 amide bonds. The van der Waals surface area contributed by atoms with Gasteiger partial charge in [-0.05, 0) is 43.9 Å². The number of likely N-dealkylation sites (tertiary alicyclic amines) is 1. The smallest absolute Gasteiger partial charge is 0.239 e.